The number of nitrogens with zero attached hydrogens (tertiary/aromatic N) is 2. The van der Waals surface area contributed by atoms with E-state index in [-0.39, 0.29) is 6.61 Å². The lowest BCUT2D eigenvalue weighted by Gasteiger charge is -2.10. The molecule has 0 fully saturated rings. The van der Waals surface area contributed by atoms with Crippen LogP contribution in [0.2, 0.25) is 0 Å². The number of methoxy groups -OCH3 is 1. The zero-order valence-electron chi connectivity index (χ0n) is 13.1. The molecule has 0 saturated heterocycles. The average molecular weight is 312 g/mol. The Labute approximate surface area is 135 Å². The fraction of sp³-hybridized carbons (Fsp3) is 0.278. The van der Waals surface area contributed by atoms with Gasteiger partial charge in [-0.15, -0.1) is 0 Å². The van der Waals surface area contributed by atoms with E-state index >= 15 is 0 Å². The van der Waals surface area contributed by atoms with Gasteiger partial charge < -0.3 is 19.1 Å². The average Bonchev–Trinajstić information content (AvgIpc) is 2.97. The second-order valence-electron chi connectivity index (χ2n) is 5.21. The summed E-state index contributed by atoms with van der Waals surface area (Å²) in [6.45, 7) is 1.27. The first-order chi connectivity index (χ1) is 11.3. The van der Waals surface area contributed by atoms with E-state index in [1.54, 1.807) is 7.11 Å². The molecule has 1 N–H and O–H groups in total. The number of aromatic nitrogens is 2. The minimum Gasteiger partial charge on any atom is -0.497 e. The number of aliphatic hydroxyl groups is 1. The van der Waals surface area contributed by atoms with Crippen molar-refractivity contribution in [2.75, 3.05) is 13.7 Å². The van der Waals surface area contributed by atoms with E-state index in [0.29, 0.717) is 12.4 Å². The Morgan fingerprint density at radius 2 is 1.91 bits per heavy atom. The molecule has 0 atom stereocenters. The number of aliphatic hydroxyl groups excluding tert-OH is 1. The maximum Gasteiger partial charge on any atom is 0.135 e. The number of ether oxygens (including phenoxy) is 2. The van der Waals surface area contributed by atoms with Gasteiger partial charge in [-0.2, -0.15) is 0 Å². The van der Waals surface area contributed by atoms with E-state index in [9.17, 15) is 5.11 Å². The lowest BCUT2D eigenvalue weighted by molar-refractivity contribution is 0.261. The lowest BCUT2D eigenvalue weighted by Crippen LogP contribution is -2.08. The van der Waals surface area contributed by atoms with Gasteiger partial charge in [-0.25, -0.2) is 4.98 Å². The van der Waals surface area contributed by atoms with Gasteiger partial charge in [0, 0.05) is 12.6 Å². The molecule has 2 aromatic carbocycles. The number of benzene rings is 2. The maximum atomic E-state index is 9.48. The molecule has 5 nitrogen and oxygen atoms in total. The normalized spacial score (nSPS) is 10.9. The van der Waals surface area contributed by atoms with E-state index < -0.39 is 0 Å². The molecule has 23 heavy (non-hydrogen) atoms. The molecule has 0 bridgehead atoms. The van der Waals surface area contributed by atoms with E-state index in [2.05, 4.69) is 4.98 Å². The van der Waals surface area contributed by atoms with Crippen molar-refractivity contribution in [3.8, 4) is 11.5 Å². The number of aryl methyl sites for hydroxylation is 1. The molecule has 0 spiro atoms. The van der Waals surface area contributed by atoms with Crippen molar-refractivity contribution >= 4 is 11.0 Å². The summed E-state index contributed by atoms with van der Waals surface area (Å²) in [5.74, 6) is 2.26. The minimum atomic E-state index is -0.0641. The molecule has 0 aliphatic heterocycles. The van der Waals surface area contributed by atoms with E-state index in [1.165, 1.54) is 0 Å². The van der Waals surface area contributed by atoms with Crippen LogP contribution in [0.15, 0.2) is 48.5 Å². The van der Waals surface area contributed by atoms with E-state index in [1.807, 2.05) is 53.1 Å². The number of hydrogen-bond donors (Lipinski definition) is 1. The molecule has 1 aromatic heterocycles. The highest BCUT2D eigenvalue weighted by Crippen LogP contribution is 2.20. The highest BCUT2D eigenvalue weighted by atomic mass is 16.5. The fourth-order valence-corrected chi connectivity index (χ4v) is 2.60. The third-order valence-corrected chi connectivity index (χ3v) is 3.71. The first-order valence-electron chi connectivity index (χ1n) is 7.63. The number of para-hydroxylation sites is 2. The van der Waals surface area contributed by atoms with Gasteiger partial charge in [0.15, 0.2) is 0 Å². The van der Waals surface area contributed by atoms with E-state index in [4.69, 9.17) is 9.47 Å². The second-order valence-corrected chi connectivity index (χ2v) is 5.21. The molecule has 5 heteroatoms. The van der Waals surface area contributed by atoms with Crippen LogP contribution in [-0.2, 0) is 13.2 Å². The minimum absolute atomic E-state index is 0.0641. The van der Waals surface area contributed by atoms with Crippen LogP contribution in [0.25, 0.3) is 11.0 Å². The van der Waals surface area contributed by atoms with Crippen LogP contribution in [0.3, 0.4) is 0 Å². The number of imidazole rings is 1. The fourth-order valence-electron chi connectivity index (χ4n) is 2.60. The van der Waals surface area contributed by atoms with Crippen molar-refractivity contribution < 1.29 is 14.6 Å². The SMILES string of the molecule is COc1cccc(OCCCn2c(CO)nc3ccccc32)c1. The summed E-state index contributed by atoms with van der Waals surface area (Å²) in [5, 5.41) is 9.48. The highest BCUT2D eigenvalue weighted by molar-refractivity contribution is 5.75. The third-order valence-electron chi connectivity index (χ3n) is 3.71. The molecule has 0 radical (unpaired) electrons. The van der Waals surface area contributed by atoms with Gasteiger partial charge in [0.05, 0.1) is 24.8 Å². The Balaban J connectivity index is 1.62. The standard InChI is InChI=1S/C18H20N2O3/c1-22-14-6-4-7-15(12-14)23-11-5-10-20-17-9-3-2-8-16(17)19-18(20)13-21/h2-4,6-9,12,21H,5,10-11,13H2,1H3. The number of rotatable bonds is 7. The molecule has 0 amide bonds. The Bertz CT molecular complexity index is 783. The third kappa shape index (κ3) is 3.46. The van der Waals surface area contributed by atoms with Crippen molar-refractivity contribution in [1.82, 2.24) is 9.55 Å². The van der Waals surface area contributed by atoms with Crippen LogP contribution in [0.1, 0.15) is 12.2 Å². The van der Waals surface area contributed by atoms with Gasteiger partial charge >= 0.3 is 0 Å². The molecular formula is C18H20N2O3. The van der Waals surface area contributed by atoms with Gasteiger partial charge in [-0.05, 0) is 30.7 Å². The topological polar surface area (TPSA) is 56.5 Å². The van der Waals surface area contributed by atoms with Gasteiger partial charge in [-0.3, -0.25) is 0 Å². The maximum absolute atomic E-state index is 9.48. The Morgan fingerprint density at radius 1 is 1.09 bits per heavy atom. The molecule has 0 aliphatic carbocycles. The van der Waals surface area contributed by atoms with Gasteiger partial charge in [-0.1, -0.05) is 18.2 Å². The predicted octanol–water partition coefficient (Wildman–Crippen LogP) is 3.01. The van der Waals surface area contributed by atoms with Crippen molar-refractivity contribution in [3.63, 3.8) is 0 Å². The van der Waals surface area contributed by atoms with Gasteiger partial charge in [0.25, 0.3) is 0 Å². The summed E-state index contributed by atoms with van der Waals surface area (Å²) in [6, 6.07) is 15.5. The summed E-state index contributed by atoms with van der Waals surface area (Å²) >= 11 is 0. The lowest BCUT2D eigenvalue weighted by atomic mass is 10.3. The Kier molecular flexibility index (Phi) is 4.78. The molecule has 0 saturated carbocycles. The van der Waals surface area contributed by atoms with Crippen LogP contribution in [0, 0.1) is 0 Å². The summed E-state index contributed by atoms with van der Waals surface area (Å²) in [6.07, 6.45) is 0.824. The quantitative estimate of drug-likeness (QED) is 0.681. The highest BCUT2D eigenvalue weighted by Gasteiger charge is 2.09. The second kappa shape index (κ2) is 7.15. The molecule has 3 aromatic rings. The van der Waals surface area contributed by atoms with Crippen LogP contribution in [-0.4, -0.2) is 28.4 Å². The smallest absolute Gasteiger partial charge is 0.135 e. The van der Waals surface area contributed by atoms with Crippen LogP contribution in [0.4, 0.5) is 0 Å². The molecule has 0 unspecified atom stereocenters. The Morgan fingerprint density at radius 3 is 2.74 bits per heavy atom. The van der Waals surface area contributed by atoms with Crippen molar-refractivity contribution in [1.29, 1.82) is 0 Å². The summed E-state index contributed by atoms with van der Waals surface area (Å²) in [7, 11) is 1.64. The summed E-state index contributed by atoms with van der Waals surface area (Å²) in [5.41, 5.74) is 1.95. The zero-order valence-corrected chi connectivity index (χ0v) is 13.1. The summed E-state index contributed by atoms with van der Waals surface area (Å²) in [4.78, 5) is 4.45. The Hall–Kier alpha value is -2.53. The number of hydrogen-bond acceptors (Lipinski definition) is 4. The van der Waals surface area contributed by atoms with Crippen molar-refractivity contribution in [2.24, 2.45) is 0 Å². The van der Waals surface area contributed by atoms with Crippen molar-refractivity contribution in [3.05, 3.63) is 54.4 Å². The van der Waals surface area contributed by atoms with Crippen LogP contribution < -0.4 is 9.47 Å². The first-order valence-corrected chi connectivity index (χ1v) is 7.63. The van der Waals surface area contributed by atoms with E-state index in [0.717, 1.165) is 35.5 Å². The molecule has 3 rings (SSSR count). The first kappa shape index (κ1) is 15.4. The van der Waals surface area contributed by atoms with Gasteiger partial charge in [0.1, 0.15) is 23.9 Å². The van der Waals surface area contributed by atoms with Crippen LogP contribution in [0.5, 0.6) is 11.5 Å². The summed E-state index contributed by atoms with van der Waals surface area (Å²) < 4.78 is 13.0. The molecular weight excluding hydrogens is 292 g/mol. The zero-order chi connectivity index (χ0) is 16.1. The largest absolute Gasteiger partial charge is 0.497 e. The molecule has 120 valence electrons. The molecule has 1 heterocycles. The van der Waals surface area contributed by atoms with Gasteiger partial charge in [0.2, 0.25) is 0 Å². The van der Waals surface area contributed by atoms with Crippen molar-refractivity contribution in [2.45, 2.75) is 19.6 Å². The predicted molar refractivity (Wildman–Crippen MR) is 88.8 cm³/mol. The monoisotopic (exact) mass is 312 g/mol. The number of fused-ring (bicyclic) bond motifs is 1. The molecule has 0 aliphatic rings. The van der Waals surface area contributed by atoms with Crippen LogP contribution >= 0.6 is 0 Å².